The zero-order valence-corrected chi connectivity index (χ0v) is 10.9. The maximum Gasteiger partial charge on any atom is 0.143 e. The lowest BCUT2D eigenvalue weighted by molar-refractivity contribution is 0.315. The SMILES string of the molecule is CCCOc1ccc(NCC(C)/C(N)=N/O)cc1. The van der Waals surface area contributed by atoms with Crippen LogP contribution in [0.4, 0.5) is 5.69 Å². The van der Waals surface area contributed by atoms with Crippen molar-refractivity contribution in [2.45, 2.75) is 20.3 Å². The van der Waals surface area contributed by atoms with Crippen molar-refractivity contribution < 1.29 is 9.94 Å². The van der Waals surface area contributed by atoms with Crippen molar-refractivity contribution in [1.82, 2.24) is 0 Å². The zero-order chi connectivity index (χ0) is 13.4. The van der Waals surface area contributed by atoms with E-state index in [9.17, 15) is 0 Å². The van der Waals surface area contributed by atoms with Crippen LogP contribution in [0.1, 0.15) is 20.3 Å². The van der Waals surface area contributed by atoms with Crippen molar-refractivity contribution in [2.24, 2.45) is 16.8 Å². The second-order valence-electron chi connectivity index (χ2n) is 4.18. The molecule has 100 valence electrons. The lowest BCUT2D eigenvalue weighted by atomic mass is 10.1. The first kappa shape index (κ1) is 14.2. The summed E-state index contributed by atoms with van der Waals surface area (Å²) in [5.74, 6) is 1.07. The highest BCUT2D eigenvalue weighted by molar-refractivity contribution is 5.82. The van der Waals surface area contributed by atoms with E-state index in [0.717, 1.165) is 24.5 Å². The topological polar surface area (TPSA) is 79.9 Å². The summed E-state index contributed by atoms with van der Waals surface area (Å²) in [5, 5.41) is 14.7. The molecule has 1 aromatic rings. The average Bonchev–Trinajstić information content (AvgIpc) is 2.42. The monoisotopic (exact) mass is 251 g/mol. The summed E-state index contributed by atoms with van der Waals surface area (Å²) in [6, 6.07) is 7.74. The number of ether oxygens (including phenoxy) is 1. The molecular formula is C13H21N3O2. The van der Waals surface area contributed by atoms with Gasteiger partial charge in [0.2, 0.25) is 0 Å². The van der Waals surface area contributed by atoms with Crippen LogP contribution in [0.15, 0.2) is 29.4 Å². The number of nitrogens with one attached hydrogen (secondary N) is 1. The quantitative estimate of drug-likeness (QED) is 0.300. The fraction of sp³-hybridized carbons (Fsp3) is 0.462. The molecule has 0 spiro atoms. The third kappa shape index (κ3) is 4.53. The van der Waals surface area contributed by atoms with Crippen LogP contribution in [-0.2, 0) is 0 Å². The van der Waals surface area contributed by atoms with E-state index in [-0.39, 0.29) is 11.8 Å². The first-order chi connectivity index (χ1) is 8.67. The van der Waals surface area contributed by atoms with Crippen LogP contribution in [0, 0.1) is 5.92 Å². The molecule has 0 fully saturated rings. The maximum atomic E-state index is 8.54. The summed E-state index contributed by atoms with van der Waals surface area (Å²) in [7, 11) is 0. The van der Waals surface area contributed by atoms with Gasteiger partial charge >= 0.3 is 0 Å². The number of oxime groups is 1. The number of amidine groups is 1. The van der Waals surface area contributed by atoms with Gasteiger partial charge in [0.05, 0.1) is 6.61 Å². The van der Waals surface area contributed by atoms with Gasteiger partial charge in [-0.15, -0.1) is 0 Å². The van der Waals surface area contributed by atoms with E-state index >= 15 is 0 Å². The average molecular weight is 251 g/mol. The fourth-order valence-electron chi connectivity index (χ4n) is 1.36. The molecule has 0 heterocycles. The van der Waals surface area contributed by atoms with Crippen LogP contribution < -0.4 is 15.8 Å². The third-order valence-corrected chi connectivity index (χ3v) is 2.56. The van der Waals surface area contributed by atoms with E-state index in [4.69, 9.17) is 15.7 Å². The summed E-state index contributed by atoms with van der Waals surface area (Å²) in [6.07, 6.45) is 0.997. The molecule has 4 N–H and O–H groups in total. The van der Waals surface area contributed by atoms with Gasteiger partial charge in [-0.25, -0.2) is 0 Å². The number of benzene rings is 1. The largest absolute Gasteiger partial charge is 0.494 e. The number of nitrogens with two attached hydrogens (primary N) is 1. The molecule has 1 rings (SSSR count). The van der Waals surface area contributed by atoms with Crippen LogP contribution in [0.3, 0.4) is 0 Å². The molecular weight excluding hydrogens is 230 g/mol. The minimum absolute atomic E-state index is 0.0222. The van der Waals surface area contributed by atoms with Gasteiger partial charge in [-0.05, 0) is 30.7 Å². The highest BCUT2D eigenvalue weighted by atomic mass is 16.5. The summed E-state index contributed by atoms with van der Waals surface area (Å²) in [4.78, 5) is 0. The molecule has 0 radical (unpaired) electrons. The Hall–Kier alpha value is -1.91. The van der Waals surface area contributed by atoms with Gasteiger partial charge in [-0.3, -0.25) is 0 Å². The number of nitrogens with zero attached hydrogens (tertiary/aromatic N) is 1. The maximum absolute atomic E-state index is 8.54. The fourth-order valence-corrected chi connectivity index (χ4v) is 1.36. The molecule has 0 amide bonds. The lowest BCUT2D eigenvalue weighted by Gasteiger charge is -2.12. The Morgan fingerprint density at radius 3 is 2.67 bits per heavy atom. The first-order valence-electron chi connectivity index (χ1n) is 6.11. The van der Waals surface area contributed by atoms with Gasteiger partial charge in [0.1, 0.15) is 11.6 Å². The van der Waals surface area contributed by atoms with Gasteiger partial charge in [0.25, 0.3) is 0 Å². The molecule has 0 saturated carbocycles. The highest BCUT2D eigenvalue weighted by Gasteiger charge is 2.06. The Balaban J connectivity index is 2.44. The van der Waals surface area contributed by atoms with Crippen molar-refractivity contribution in [3.8, 4) is 5.75 Å². The zero-order valence-electron chi connectivity index (χ0n) is 10.9. The molecule has 1 atom stereocenters. The Bertz CT molecular complexity index is 376. The van der Waals surface area contributed by atoms with E-state index < -0.39 is 0 Å². The van der Waals surface area contributed by atoms with E-state index in [1.165, 1.54) is 0 Å². The minimum atomic E-state index is -0.0222. The van der Waals surface area contributed by atoms with Gasteiger partial charge in [0, 0.05) is 18.2 Å². The molecule has 1 unspecified atom stereocenters. The Labute approximate surface area is 108 Å². The van der Waals surface area contributed by atoms with Gasteiger partial charge in [-0.1, -0.05) is 19.0 Å². The van der Waals surface area contributed by atoms with Crippen LogP contribution in [0.2, 0.25) is 0 Å². The highest BCUT2D eigenvalue weighted by Crippen LogP contribution is 2.16. The smallest absolute Gasteiger partial charge is 0.143 e. The van der Waals surface area contributed by atoms with E-state index in [1.807, 2.05) is 31.2 Å². The molecule has 5 heteroatoms. The van der Waals surface area contributed by atoms with Crippen LogP contribution in [0.5, 0.6) is 5.75 Å². The normalized spacial score (nSPS) is 13.1. The van der Waals surface area contributed by atoms with Crippen LogP contribution in [0.25, 0.3) is 0 Å². The number of hydrogen-bond donors (Lipinski definition) is 3. The molecule has 0 aliphatic heterocycles. The number of anilines is 1. The lowest BCUT2D eigenvalue weighted by Crippen LogP contribution is -2.27. The second kappa shape index (κ2) is 7.42. The Morgan fingerprint density at radius 1 is 1.44 bits per heavy atom. The molecule has 18 heavy (non-hydrogen) atoms. The third-order valence-electron chi connectivity index (χ3n) is 2.56. The molecule has 0 bridgehead atoms. The van der Waals surface area contributed by atoms with E-state index in [1.54, 1.807) is 0 Å². The van der Waals surface area contributed by atoms with Crippen LogP contribution >= 0.6 is 0 Å². The van der Waals surface area contributed by atoms with Crippen LogP contribution in [-0.4, -0.2) is 24.2 Å². The Morgan fingerprint density at radius 2 is 2.11 bits per heavy atom. The predicted octanol–water partition coefficient (Wildman–Crippen LogP) is 2.27. The Kier molecular flexibility index (Phi) is 5.84. The molecule has 0 aromatic heterocycles. The second-order valence-corrected chi connectivity index (χ2v) is 4.18. The van der Waals surface area contributed by atoms with Crippen molar-refractivity contribution >= 4 is 11.5 Å². The molecule has 0 aliphatic carbocycles. The molecule has 1 aromatic carbocycles. The number of rotatable bonds is 7. The summed E-state index contributed by atoms with van der Waals surface area (Å²) < 4.78 is 5.49. The molecule has 5 nitrogen and oxygen atoms in total. The van der Waals surface area contributed by atoms with Crippen molar-refractivity contribution in [1.29, 1.82) is 0 Å². The summed E-state index contributed by atoms with van der Waals surface area (Å²) in [5.41, 5.74) is 6.48. The molecule has 0 saturated heterocycles. The predicted molar refractivity (Wildman–Crippen MR) is 73.3 cm³/mol. The first-order valence-corrected chi connectivity index (χ1v) is 6.11. The van der Waals surface area contributed by atoms with E-state index in [2.05, 4.69) is 17.4 Å². The standard InChI is InChI=1S/C13H21N3O2/c1-3-8-18-12-6-4-11(5-7-12)15-9-10(2)13(14)16-17/h4-7,10,15,17H,3,8-9H2,1-2H3,(H2,14,16). The van der Waals surface area contributed by atoms with Crippen molar-refractivity contribution in [3.05, 3.63) is 24.3 Å². The van der Waals surface area contributed by atoms with Crippen molar-refractivity contribution in [2.75, 3.05) is 18.5 Å². The van der Waals surface area contributed by atoms with Gasteiger partial charge in [0.15, 0.2) is 0 Å². The van der Waals surface area contributed by atoms with Gasteiger partial charge < -0.3 is 21.0 Å². The minimum Gasteiger partial charge on any atom is -0.494 e. The van der Waals surface area contributed by atoms with Gasteiger partial charge in [-0.2, -0.15) is 0 Å². The number of hydrogen-bond acceptors (Lipinski definition) is 4. The molecule has 0 aliphatic rings. The summed E-state index contributed by atoms with van der Waals surface area (Å²) in [6.45, 7) is 5.31. The van der Waals surface area contributed by atoms with Crippen molar-refractivity contribution in [3.63, 3.8) is 0 Å². The van der Waals surface area contributed by atoms with E-state index in [0.29, 0.717) is 6.54 Å². The summed E-state index contributed by atoms with van der Waals surface area (Å²) >= 11 is 0.